The number of ketones is 1. The van der Waals surface area contributed by atoms with Gasteiger partial charge in [-0.1, -0.05) is 37.6 Å². The number of carbonyl (C=O) groups is 1. The third-order valence-electron chi connectivity index (χ3n) is 4.34. The summed E-state index contributed by atoms with van der Waals surface area (Å²) in [5, 5.41) is 9.01. The van der Waals surface area contributed by atoms with Gasteiger partial charge in [-0.15, -0.1) is 0 Å². The van der Waals surface area contributed by atoms with Crippen molar-refractivity contribution in [1.82, 2.24) is 9.13 Å². The molecule has 124 valence electrons. The first-order chi connectivity index (χ1) is 11.4. The molecule has 1 N–H and O–H groups in total. The Bertz CT molecular complexity index is 965. The second-order valence-corrected chi connectivity index (χ2v) is 6.70. The molecule has 0 atom stereocenters. The fourth-order valence-corrected chi connectivity index (χ4v) is 3.16. The Morgan fingerprint density at radius 3 is 2.46 bits per heavy atom. The van der Waals surface area contributed by atoms with E-state index in [1.54, 1.807) is 28.8 Å². The Morgan fingerprint density at radius 2 is 1.83 bits per heavy atom. The zero-order valence-corrected chi connectivity index (χ0v) is 14.8. The number of hydrogen-bond acceptors (Lipinski definition) is 2. The average Bonchev–Trinajstić information content (AvgIpc) is 2.80. The van der Waals surface area contributed by atoms with Crippen LogP contribution in [0.2, 0.25) is 5.02 Å². The van der Waals surface area contributed by atoms with Crippen LogP contribution in [0.1, 0.15) is 35.7 Å². The van der Waals surface area contributed by atoms with Gasteiger partial charge in [0.2, 0.25) is 5.62 Å². The molecule has 0 fully saturated rings. The van der Waals surface area contributed by atoms with Crippen LogP contribution in [-0.4, -0.2) is 14.9 Å². The molecule has 24 heavy (non-hydrogen) atoms. The van der Waals surface area contributed by atoms with Gasteiger partial charge < -0.3 is 9.13 Å². The van der Waals surface area contributed by atoms with Crippen molar-refractivity contribution in [2.75, 3.05) is 0 Å². The first-order valence-electron chi connectivity index (χ1n) is 7.91. The van der Waals surface area contributed by atoms with Gasteiger partial charge in [0.05, 0.1) is 17.6 Å². The minimum atomic E-state index is -0.0346. The van der Waals surface area contributed by atoms with Gasteiger partial charge in [-0.25, -0.2) is 0 Å². The third-order valence-corrected chi connectivity index (χ3v) is 4.59. The van der Waals surface area contributed by atoms with Crippen molar-refractivity contribution in [2.45, 2.75) is 26.3 Å². The molecule has 0 amide bonds. The molecular formula is C19H20ClN3O. The molecule has 0 aliphatic rings. The lowest BCUT2D eigenvalue weighted by molar-refractivity contribution is 0.0971. The number of hydrogen-bond donors (Lipinski definition) is 1. The van der Waals surface area contributed by atoms with Crippen LogP contribution in [0.25, 0.3) is 11.0 Å². The number of imidazole rings is 1. The van der Waals surface area contributed by atoms with Crippen molar-refractivity contribution >= 4 is 28.4 Å². The Hall–Kier alpha value is -2.33. The zero-order valence-electron chi connectivity index (χ0n) is 14.0. The van der Waals surface area contributed by atoms with Gasteiger partial charge in [0.25, 0.3) is 0 Å². The second kappa shape index (κ2) is 6.29. The molecule has 0 aliphatic carbocycles. The molecule has 0 bridgehead atoms. The number of rotatable bonds is 4. The van der Waals surface area contributed by atoms with E-state index in [9.17, 15) is 4.79 Å². The molecular weight excluding hydrogens is 322 g/mol. The van der Waals surface area contributed by atoms with Crippen LogP contribution in [-0.2, 0) is 13.6 Å². The topological polar surface area (TPSA) is 50.8 Å². The van der Waals surface area contributed by atoms with E-state index in [0.717, 1.165) is 11.0 Å². The number of aromatic nitrogens is 2. The van der Waals surface area contributed by atoms with Crippen molar-refractivity contribution in [1.29, 1.82) is 5.41 Å². The van der Waals surface area contributed by atoms with Gasteiger partial charge in [-0.05, 0) is 41.8 Å². The molecule has 3 aromatic rings. The van der Waals surface area contributed by atoms with Crippen molar-refractivity contribution in [3.63, 3.8) is 0 Å². The number of halogens is 1. The third kappa shape index (κ3) is 2.78. The van der Waals surface area contributed by atoms with Gasteiger partial charge in [-0.2, -0.15) is 0 Å². The summed E-state index contributed by atoms with van der Waals surface area (Å²) in [6.45, 7) is 4.41. The highest BCUT2D eigenvalue weighted by Gasteiger charge is 2.16. The summed E-state index contributed by atoms with van der Waals surface area (Å²) in [6.07, 6.45) is 0. The van der Waals surface area contributed by atoms with Crippen molar-refractivity contribution in [2.24, 2.45) is 7.05 Å². The van der Waals surface area contributed by atoms with Gasteiger partial charge in [0.15, 0.2) is 5.78 Å². The summed E-state index contributed by atoms with van der Waals surface area (Å²) >= 11 is 5.88. The number of para-hydroxylation sites is 1. The first kappa shape index (κ1) is 16.5. The summed E-state index contributed by atoms with van der Waals surface area (Å²) in [7, 11) is 1.87. The van der Waals surface area contributed by atoms with E-state index in [0.29, 0.717) is 22.1 Å². The smallest absolute Gasteiger partial charge is 0.203 e. The Morgan fingerprint density at radius 1 is 1.17 bits per heavy atom. The van der Waals surface area contributed by atoms with E-state index < -0.39 is 0 Å². The fourth-order valence-electron chi connectivity index (χ4n) is 3.03. The molecule has 3 rings (SSSR count). The Kier molecular flexibility index (Phi) is 4.33. The standard InChI is InChI=1S/C19H20ClN3O/c1-12(2)15-5-4-6-16-18(15)22(3)19(21)23(16)11-17(24)13-7-9-14(20)10-8-13/h4-10,12,21H,11H2,1-3H3. The van der Waals surface area contributed by atoms with E-state index in [-0.39, 0.29) is 12.3 Å². The maximum absolute atomic E-state index is 12.6. The lowest BCUT2D eigenvalue weighted by Gasteiger charge is -2.09. The summed E-state index contributed by atoms with van der Waals surface area (Å²) in [4.78, 5) is 12.6. The predicted molar refractivity (Wildman–Crippen MR) is 96.6 cm³/mol. The largest absolute Gasteiger partial charge is 0.313 e. The Labute approximate surface area is 145 Å². The highest BCUT2D eigenvalue weighted by atomic mass is 35.5. The first-order valence-corrected chi connectivity index (χ1v) is 8.29. The molecule has 5 heteroatoms. The lowest BCUT2D eigenvalue weighted by Crippen LogP contribution is -2.25. The van der Waals surface area contributed by atoms with Gasteiger partial charge >= 0.3 is 0 Å². The van der Waals surface area contributed by atoms with Crippen molar-refractivity contribution < 1.29 is 4.79 Å². The normalized spacial score (nSPS) is 11.4. The minimum absolute atomic E-state index is 0.0346. The number of benzene rings is 2. The second-order valence-electron chi connectivity index (χ2n) is 6.27. The van der Waals surface area contributed by atoms with Gasteiger partial charge in [0, 0.05) is 17.6 Å². The van der Waals surface area contributed by atoms with Crippen LogP contribution in [0.3, 0.4) is 0 Å². The molecule has 1 aromatic heterocycles. The van der Waals surface area contributed by atoms with Crippen LogP contribution >= 0.6 is 11.6 Å². The number of carbonyl (C=O) groups excluding carboxylic acids is 1. The number of Topliss-reactive ketones (excluding diaryl/α,β-unsaturated/α-hetero) is 1. The monoisotopic (exact) mass is 341 g/mol. The maximum Gasteiger partial charge on any atom is 0.203 e. The summed E-state index contributed by atoms with van der Waals surface area (Å²) in [5.74, 6) is 0.315. The molecule has 0 saturated carbocycles. The molecule has 2 aromatic carbocycles. The number of nitrogens with one attached hydrogen (secondary N) is 1. The minimum Gasteiger partial charge on any atom is -0.313 e. The molecule has 0 aliphatic heterocycles. The molecule has 0 unspecified atom stereocenters. The number of fused-ring (bicyclic) bond motifs is 1. The highest BCUT2D eigenvalue weighted by molar-refractivity contribution is 6.30. The summed E-state index contributed by atoms with van der Waals surface area (Å²) < 4.78 is 3.61. The van der Waals surface area contributed by atoms with E-state index in [1.165, 1.54) is 5.56 Å². The van der Waals surface area contributed by atoms with E-state index in [1.807, 2.05) is 23.7 Å². The van der Waals surface area contributed by atoms with Crippen LogP contribution in [0.15, 0.2) is 42.5 Å². The summed E-state index contributed by atoms with van der Waals surface area (Å²) in [5.41, 5.74) is 4.03. The quantitative estimate of drug-likeness (QED) is 0.713. The molecule has 0 saturated heterocycles. The number of aryl methyl sites for hydroxylation is 1. The zero-order chi connectivity index (χ0) is 17.4. The van der Waals surface area contributed by atoms with Crippen LogP contribution in [0.4, 0.5) is 0 Å². The highest BCUT2D eigenvalue weighted by Crippen LogP contribution is 2.24. The average molecular weight is 342 g/mol. The molecule has 0 spiro atoms. The van der Waals surface area contributed by atoms with Crippen LogP contribution in [0, 0.1) is 5.41 Å². The van der Waals surface area contributed by atoms with E-state index in [2.05, 4.69) is 19.9 Å². The van der Waals surface area contributed by atoms with Crippen molar-refractivity contribution in [3.05, 3.63) is 64.2 Å². The number of nitrogens with zero attached hydrogens (tertiary/aromatic N) is 2. The van der Waals surface area contributed by atoms with Crippen molar-refractivity contribution in [3.8, 4) is 0 Å². The Balaban J connectivity index is 2.09. The van der Waals surface area contributed by atoms with Crippen LogP contribution in [0.5, 0.6) is 0 Å². The van der Waals surface area contributed by atoms with Gasteiger partial charge in [0.1, 0.15) is 0 Å². The predicted octanol–water partition coefficient (Wildman–Crippen LogP) is 4.12. The summed E-state index contributed by atoms with van der Waals surface area (Å²) in [6, 6.07) is 12.9. The van der Waals surface area contributed by atoms with E-state index >= 15 is 0 Å². The fraction of sp³-hybridized carbons (Fsp3) is 0.263. The van der Waals surface area contributed by atoms with Crippen LogP contribution < -0.4 is 5.62 Å². The molecule has 0 radical (unpaired) electrons. The lowest BCUT2D eigenvalue weighted by atomic mass is 10.0. The molecule has 1 heterocycles. The maximum atomic E-state index is 12.6. The SMILES string of the molecule is CC(C)c1cccc2c1n(C)c(=N)n2CC(=O)c1ccc(Cl)cc1. The van der Waals surface area contributed by atoms with Gasteiger partial charge in [-0.3, -0.25) is 10.2 Å². The molecule has 4 nitrogen and oxygen atoms in total. The van der Waals surface area contributed by atoms with E-state index in [4.69, 9.17) is 17.0 Å².